The zero-order valence-electron chi connectivity index (χ0n) is 9.23. The largest absolute Gasteiger partial charge is 0.346 e. The second-order valence-electron chi connectivity index (χ2n) is 3.76. The van der Waals surface area contributed by atoms with Crippen molar-refractivity contribution in [1.29, 1.82) is 5.26 Å². The van der Waals surface area contributed by atoms with E-state index in [4.69, 9.17) is 11.0 Å². The van der Waals surface area contributed by atoms with Crippen LogP contribution in [-0.4, -0.2) is 4.57 Å². The van der Waals surface area contributed by atoms with Gasteiger partial charge in [-0.25, -0.2) is 4.39 Å². The molecule has 0 atom stereocenters. The first-order chi connectivity index (χ1) is 8.24. The first-order valence-corrected chi connectivity index (χ1v) is 5.27. The number of rotatable bonds is 3. The maximum atomic E-state index is 13.1. The molecular formula is C13H12FN3. The molecule has 0 bridgehead atoms. The Hall–Kier alpha value is -2.12. The summed E-state index contributed by atoms with van der Waals surface area (Å²) in [5.41, 5.74) is 7.56. The molecule has 0 saturated heterocycles. The van der Waals surface area contributed by atoms with Gasteiger partial charge in [0.15, 0.2) is 0 Å². The van der Waals surface area contributed by atoms with Crippen LogP contribution in [0.2, 0.25) is 0 Å². The smallest absolute Gasteiger partial charge is 0.140 e. The zero-order valence-corrected chi connectivity index (χ0v) is 9.23. The number of aromatic nitrogens is 1. The molecule has 0 aliphatic rings. The van der Waals surface area contributed by atoms with Crippen LogP contribution in [0.5, 0.6) is 0 Å². The van der Waals surface area contributed by atoms with E-state index in [-0.39, 0.29) is 5.56 Å². The summed E-state index contributed by atoms with van der Waals surface area (Å²) >= 11 is 0. The lowest BCUT2D eigenvalue weighted by Crippen LogP contribution is -2.07. The number of nitriles is 1. The van der Waals surface area contributed by atoms with E-state index in [1.54, 1.807) is 12.1 Å². The molecule has 0 unspecified atom stereocenters. The predicted octanol–water partition coefficient (Wildman–Crippen LogP) is 2.01. The number of hydrogen-bond acceptors (Lipinski definition) is 2. The number of halogens is 1. The van der Waals surface area contributed by atoms with Crippen molar-refractivity contribution >= 4 is 0 Å². The Morgan fingerprint density at radius 2 is 2.18 bits per heavy atom. The van der Waals surface area contributed by atoms with Crippen LogP contribution >= 0.6 is 0 Å². The average molecular weight is 229 g/mol. The Morgan fingerprint density at radius 1 is 1.35 bits per heavy atom. The molecule has 0 saturated carbocycles. The summed E-state index contributed by atoms with van der Waals surface area (Å²) in [4.78, 5) is 0. The number of hydrogen-bond donors (Lipinski definition) is 1. The van der Waals surface area contributed by atoms with Crippen molar-refractivity contribution in [2.24, 2.45) is 5.73 Å². The summed E-state index contributed by atoms with van der Waals surface area (Å²) in [6.07, 6.45) is 1.91. The molecule has 2 rings (SSSR count). The Bertz CT molecular complexity index is 566. The lowest BCUT2D eigenvalue weighted by molar-refractivity contribution is 0.622. The minimum absolute atomic E-state index is 0.0731. The second kappa shape index (κ2) is 4.81. The monoisotopic (exact) mass is 229 g/mol. The first kappa shape index (κ1) is 11.4. The van der Waals surface area contributed by atoms with Gasteiger partial charge in [-0.05, 0) is 29.8 Å². The first-order valence-electron chi connectivity index (χ1n) is 5.27. The van der Waals surface area contributed by atoms with E-state index in [2.05, 4.69) is 0 Å². The third-order valence-electron chi connectivity index (χ3n) is 2.64. The Kier molecular flexibility index (Phi) is 3.22. The topological polar surface area (TPSA) is 54.7 Å². The van der Waals surface area contributed by atoms with Crippen LogP contribution in [0.15, 0.2) is 36.5 Å². The van der Waals surface area contributed by atoms with Crippen LogP contribution < -0.4 is 5.73 Å². The van der Waals surface area contributed by atoms with Crippen molar-refractivity contribution in [3.8, 4) is 6.07 Å². The molecule has 0 spiro atoms. The molecule has 1 heterocycles. The lowest BCUT2D eigenvalue weighted by atomic mass is 10.1. The van der Waals surface area contributed by atoms with Crippen molar-refractivity contribution < 1.29 is 4.39 Å². The normalized spacial score (nSPS) is 10.2. The highest BCUT2D eigenvalue weighted by molar-refractivity contribution is 5.34. The molecule has 17 heavy (non-hydrogen) atoms. The van der Waals surface area contributed by atoms with E-state index in [1.807, 2.05) is 29.0 Å². The second-order valence-corrected chi connectivity index (χ2v) is 3.76. The van der Waals surface area contributed by atoms with Crippen LogP contribution in [0, 0.1) is 17.1 Å². The van der Waals surface area contributed by atoms with Crippen LogP contribution in [0.3, 0.4) is 0 Å². The van der Waals surface area contributed by atoms with E-state index in [9.17, 15) is 4.39 Å². The molecule has 1 aromatic heterocycles. The van der Waals surface area contributed by atoms with E-state index < -0.39 is 5.82 Å². The van der Waals surface area contributed by atoms with Crippen molar-refractivity contribution in [3.63, 3.8) is 0 Å². The van der Waals surface area contributed by atoms with Gasteiger partial charge in [-0.2, -0.15) is 5.26 Å². The molecule has 3 nitrogen and oxygen atoms in total. The van der Waals surface area contributed by atoms with Gasteiger partial charge in [-0.15, -0.1) is 0 Å². The van der Waals surface area contributed by atoms with Gasteiger partial charge in [0.25, 0.3) is 0 Å². The van der Waals surface area contributed by atoms with Gasteiger partial charge < -0.3 is 10.3 Å². The molecule has 1 aromatic carbocycles. The molecular weight excluding hydrogens is 217 g/mol. The van der Waals surface area contributed by atoms with Gasteiger partial charge in [0.05, 0.1) is 5.56 Å². The molecule has 0 fully saturated rings. The third kappa shape index (κ3) is 2.35. The van der Waals surface area contributed by atoms with Crippen LogP contribution in [0.4, 0.5) is 4.39 Å². The summed E-state index contributed by atoms with van der Waals surface area (Å²) in [6.45, 7) is 1.05. The van der Waals surface area contributed by atoms with Gasteiger partial charge in [-0.3, -0.25) is 0 Å². The molecule has 0 radical (unpaired) electrons. The number of nitrogens with zero attached hydrogens (tertiary/aromatic N) is 2. The summed E-state index contributed by atoms with van der Waals surface area (Å²) in [7, 11) is 0. The third-order valence-corrected chi connectivity index (χ3v) is 2.64. The number of benzene rings is 1. The van der Waals surface area contributed by atoms with Crippen LogP contribution in [0.1, 0.15) is 16.8 Å². The Balaban J connectivity index is 2.28. The highest BCUT2D eigenvalue weighted by Crippen LogP contribution is 2.12. The van der Waals surface area contributed by atoms with Gasteiger partial charge in [-0.1, -0.05) is 6.07 Å². The average Bonchev–Trinajstić information content (AvgIpc) is 2.79. The lowest BCUT2D eigenvalue weighted by Gasteiger charge is -2.08. The fourth-order valence-electron chi connectivity index (χ4n) is 1.74. The standard InChI is InChI=1S/C13H12FN3/c14-13-4-3-10(6-11(13)7-15)9-17-5-1-2-12(17)8-16/h1-6H,8-9,16H2. The van der Waals surface area contributed by atoms with E-state index in [0.717, 1.165) is 11.3 Å². The van der Waals surface area contributed by atoms with E-state index >= 15 is 0 Å². The summed E-state index contributed by atoms with van der Waals surface area (Å²) < 4.78 is 15.1. The quantitative estimate of drug-likeness (QED) is 0.875. The molecule has 0 amide bonds. The number of nitrogens with two attached hydrogens (primary N) is 1. The van der Waals surface area contributed by atoms with Gasteiger partial charge in [0.2, 0.25) is 0 Å². The predicted molar refractivity (Wildman–Crippen MR) is 62.5 cm³/mol. The molecule has 2 aromatic rings. The van der Waals surface area contributed by atoms with Crippen LogP contribution in [0.25, 0.3) is 0 Å². The summed E-state index contributed by atoms with van der Waals surface area (Å²) in [6, 6.07) is 10.2. The summed E-state index contributed by atoms with van der Waals surface area (Å²) in [5.74, 6) is -0.484. The van der Waals surface area contributed by atoms with Gasteiger partial charge in [0, 0.05) is 25.0 Å². The molecule has 0 aliphatic heterocycles. The van der Waals surface area contributed by atoms with Crippen molar-refractivity contribution in [3.05, 3.63) is 59.2 Å². The Labute approximate surface area is 98.9 Å². The molecule has 2 N–H and O–H groups in total. The SMILES string of the molecule is N#Cc1cc(Cn2cccc2CN)ccc1F. The van der Waals surface area contributed by atoms with Gasteiger partial charge in [0.1, 0.15) is 11.9 Å². The molecule has 0 aliphatic carbocycles. The highest BCUT2D eigenvalue weighted by Gasteiger charge is 2.04. The molecule has 4 heteroatoms. The van der Waals surface area contributed by atoms with Crippen molar-refractivity contribution in [1.82, 2.24) is 4.57 Å². The van der Waals surface area contributed by atoms with E-state index in [1.165, 1.54) is 6.07 Å². The van der Waals surface area contributed by atoms with E-state index in [0.29, 0.717) is 13.1 Å². The van der Waals surface area contributed by atoms with Gasteiger partial charge >= 0.3 is 0 Å². The van der Waals surface area contributed by atoms with Crippen molar-refractivity contribution in [2.45, 2.75) is 13.1 Å². The fourth-order valence-corrected chi connectivity index (χ4v) is 1.74. The fraction of sp³-hybridized carbons (Fsp3) is 0.154. The zero-order chi connectivity index (χ0) is 12.3. The highest BCUT2D eigenvalue weighted by atomic mass is 19.1. The minimum atomic E-state index is -0.484. The maximum Gasteiger partial charge on any atom is 0.140 e. The Morgan fingerprint density at radius 3 is 2.88 bits per heavy atom. The van der Waals surface area contributed by atoms with Crippen molar-refractivity contribution in [2.75, 3.05) is 0 Å². The minimum Gasteiger partial charge on any atom is -0.346 e. The van der Waals surface area contributed by atoms with Crippen LogP contribution in [-0.2, 0) is 13.1 Å². The summed E-state index contributed by atoms with van der Waals surface area (Å²) in [5, 5.41) is 8.75. The maximum absolute atomic E-state index is 13.1. The molecule has 86 valence electrons.